The molecule has 0 unspecified atom stereocenters. The van der Waals surface area contributed by atoms with Crippen molar-refractivity contribution in [1.82, 2.24) is 0 Å². The highest BCUT2D eigenvalue weighted by Crippen LogP contribution is 2.27. The molecular formula is C15H12BrFO3. The lowest BCUT2D eigenvalue weighted by molar-refractivity contribution is 0.112. The highest BCUT2D eigenvalue weighted by molar-refractivity contribution is 9.10. The van der Waals surface area contributed by atoms with Crippen molar-refractivity contribution in [2.75, 3.05) is 7.11 Å². The summed E-state index contributed by atoms with van der Waals surface area (Å²) in [5.41, 5.74) is 1.24. The van der Waals surface area contributed by atoms with Gasteiger partial charge in [-0.05, 0) is 51.8 Å². The Kier molecular flexibility index (Phi) is 4.74. The molecule has 5 heteroatoms. The Morgan fingerprint density at radius 1 is 1.20 bits per heavy atom. The van der Waals surface area contributed by atoms with E-state index in [1.165, 1.54) is 13.2 Å². The average Bonchev–Trinajstić information content (AvgIpc) is 2.46. The Labute approximate surface area is 124 Å². The van der Waals surface area contributed by atoms with Crippen molar-refractivity contribution in [3.8, 4) is 11.5 Å². The van der Waals surface area contributed by atoms with E-state index in [1.807, 2.05) is 0 Å². The first-order valence-corrected chi connectivity index (χ1v) is 6.63. The minimum absolute atomic E-state index is 0.199. The van der Waals surface area contributed by atoms with E-state index in [4.69, 9.17) is 9.47 Å². The quantitative estimate of drug-likeness (QED) is 0.773. The second-order valence-corrected chi connectivity index (χ2v) is 4.92. The van der Waals surface area contributed by atoms with Crippen LogP contribution in [0, 0.1) is 5.82 Å². The molecular weight excluding hydrogens is 327 g/mol. The van der Waals surface area contributed by atoms with Gasteiger partial charge >= 0.3 is 0 Å². The minimum atomic E-state index is -0.427. The summed E-state index contributed by atoms with van der Waals surface area (Å²) in [6.07, 6.45) is 0.757. The first-order valence-electron chi connectivity index (χ1n) is 5.84. The molecule has 0 bridgehead atoms. The van der Waals surface area contributed by atoms with E-state index in [2.05, 4.69) is 15.9 Å². The number of ether oxygens (including phenoxy) is 2. The Balaban J connectivity index is 2.08. The summed E-state index contributed by atoms with van der Waals surface area (Å²) in [7, 11) is 1.42. The van der Waals surface area contributed by atoms with E-state index in [-0.39, 0.29) is 12.4 Å². The molecule has 0 fully saturated rings. The Hall–Kier alpha value is -1.88. The van der Waals surface area contributed by atoms with E-state index >= 15 is 0 Å². The van der Waals surface area contributed by atoms with Gasteiger partial charge < -0.3 is 9.47 Å². The van der Waals surface area contributed by atoms with Crippen molar-refractivity contribution >= 4 is 22.2 Å². The molecule has 0 N–H and O–H groups in total. The van der Waals surface area contributed by atoms with Gasteiger partial charge in [-0.25, -0.2) is 4.39 Å². The van der Waals surface area contributed by atoms with Crippen LogP contribution in [0.25, 0.3) is 0 Å². The third kappa shape index (κ3) is 3.36. The zero-order valence-corrected chi connectivity index (χ0v) is 12.3. The monoisotopic (exact) mass is 338 g/mol. The first-order chi connectivity index (χ1) is 9.63. The van der Waals surface area contributed by atoms with E-state index in [0.29, 0.717) is 21.3 Å². The van der Waals surface area contributed by atoms with Gasteiger partial charge in [-0.3, -0.25) is 4.79 Å². The van der Waals surface area contributed by atoms with Crippen LogP contribution in [-0.2, 0) is 6.61 Å². The number of methoxy groups -OCH3 is 1. The highest BCUT2D eigenvalue weighted by atomic mass is 79.9. The van der Waals surface area contributed by atoms with Gasteiger partial charge in [-0.15, -0.1) is 0 Å². The second kappa shape index (κ2) is 6.52. The van der Waals surface area contributed by atoms with Crippen LogP contribution in [0.2, 0.25) is 0 Å². The zero-order valence-electron chi connectivity index (χ0n) is 10.7. The SMILES string of the molecule is COc1ccc(COc2ccc(C=O)cc2Br)cc1F. The van der Waals surface area contributed by atoms with Crippen molar-refractivity contribution in [3.05, 3.63) is 57.8 Å². The number of halogens is 2. The summed E-state index contributed by atoms with van der Waals surface area (Å²) < 4.78 is 24.6. The summed E-state index contributed by atoms with van der Waals surface area (Å²) in [6.45, 7) is 0.222. The highest BCUT2D eigenvalue weighted by Gasteiger charge is 2.06. The maximum atomic E-state index is 13.5. The van der Waals surface area contributed by atoms with Crippen molar-refractivity contribution in [2.24, 2.45) is 0 Å². The molecule has 0 aliphatic rings. The lowest BCUT2D eigenvalue weighted by atomic mass is 10.2. The van der Waals surface area contributed by atoms with Gasteiger partial charge in [0.1, 0.15) is 18.6 Å². The number of aldehydes is 1. The molecule has 3 nitrogen and oxygen atoms in total. The van der Waals surface area contributed by atoms with Crippen molar-refractivity contribution in [1.29, 1.82) is 0 Å². The molecule has 0 saturated heterocycles. The minimum Gasteiger partial charge on any atom is -0.494 e. The van der Waals surface area contributed by atoms with Gasteiger partial charge in [0.2, 0.25) is 0 Å². The Morgan fingerprint density at radius 3 is 2.55 bits per heavy atom. The summed E-state index contributed by atoms with van der Waals surface area (Å²) in [5, 5.41) is 0. The standard InChI is InChI=1S/C15H12BrFO3/c1-19-15-5-3-11(7-13(15)17)9-20-14-4-2-10(8-18)6-12(14)16/h2-8H,9H2,1H3. The number of hydrogen-bond acceptors (Lipinski definition) is 3. The molecule has 0 heterocycles. The first kappa shape index (κ1) is 14.5. The molecule has 104 valence electrons. The molecule has 0 aliphatic heterocycles. The molecule has 0 aromatic heterocycles. The van der Waals surface area contributed by atoms with Crippen molar-refractivity contribution < 1.29 is 18.7 Å². The number of benzene rings is 2. The third-order valence-electron chi connectivity index (χ3n) is 2.70. The fraction of sp³-hybridized carbons (Fsp3) is 0.133. The third-order valence-corrected chi connectivity index (χ3v) is 3.32. The van der Waals surface area contributed by atoms with Crippen LogP contribution in [0.1, 0.15) is 15.9 Å². The predicted molar refractivity (Wildman–Crippen MR) is 76.8 cm³/mol. The zero-order chi connectivity index (χ0) is 14.5. The van der Waals surface area contributed by atoms with E-state index in [0.717, 1.165) is 6.29 Å². The van der Waals surface area contributed by atoms with E-state index < -0.39 is 5.82 Å². The molecule has 0 saturated carbocycles. The fourth-order valence-corrected chi connectivity index (χ4v) is 2.18. The topological polar surface area (TPSA) is 35.5 Å². The lowest BCUT2D eigenvalue weighted by Gasteiger charge is -2.09. The van der Waals surface area contributed by atoms with Crippen LogP contribution < -0.4 is 9.47 Å². The van der Waals surface area contributed by atoms with Gasteiger partial charge in [0.05, 0.1) is 11.6 Å². The number of hydrogen-bond donors (Lipinski definition) is 0. The summed E-state index contributed by atoms with van der Waals surface area (Å²) in [4.78, 5) is 10.6. The van der Waals surface area contributed by atoms with Crippen molar-refractivity contribution in [2.45, 2.75) is 6.61 Å². The van der Waals surface area contributed by atoms with Crippen LogP contribution in [0.15, 0.2) is 40.9 Å². The number of carbonyl (C=O) groups is 1. The molecule has 0 aliphatic carbocycles. The van der Waals surface area contributed by atoms with Crippen LogP contribution >= 0.6 is 15.9 Å². The van der Waals surface area contributed by atoms with Gasteiger partial charge in [0, 0.05) is 5.56 Å². The molecule has 2 aromatic carbocycles. The summed E-state index contributed by atoms with van der Waals surface area (Å²) in [6, 6.07) is 9.66. The molecule has 2 rings (SSSR count). The van der Waals surface area contributed by atoms with Crippen LogP contribution in [0.4, 0.5) is 4.39 Å². The molecule has 20 heavy (non-hydrogen) atoms. The van der Waals surface area contributed by atoms with E-state index in [9.17, 15) is 9.18 Å². The van der Waals surface area contributed by atoms with Gasteiger partial charge in [-0.1, -0.05) is 6.07 Å². The van der Waals surface area contributed by atoms with Crippen LogP contribution in [-0.4, -0.2) is 13.4 Å². The van der Waals surface area contributed by atoms with Gasteiger partial charge in [0.15, 0.2) is 11.6 Å². The molecule has 0 atom stereocenters. The fourth-order valence-electron chi connectivity index (χ4n) is 1.67. The molecule has 0 amide bonds. The summed E-state index contributed by atoms with van der Waals surface area (Å²) in [5.74, 6) is 0.362. The second-order valence-electron chi connectivity index (χ2n) is 4.07. The van der Waals surface area contributed by atoms with Gasteiger partial charge in [0.25, 0.3) is 0 Å². The van der Waals surface area contributed by atoms with Crippen LogP contribution in [0.3, 0.4) is 0 Å². The lowest BCUT2D eigenvalue weighted by Crippen LogP contribution is -1.98. The maximum absolute atomic E-state index is 13.5. The molecule has 0 radical (unpaired) electrons. The Morgan fingerprint density at radius 2 is 1.95 bits per heavy atom. The predicted octanol–water partition coefficient (Wildman–Crippen LogP) is 3.99. The number of rotatable bonds is 5. The van der Waals surface area contributed by atoms with E-state index in [1.54, 1.807) is 30.3 Å². The van der Waals surface area contributed by atoms with Crippen molar-refractivity contribution in [3.63, 3.8) is 0 Å². The normalized spacial score (nSPS) is 10.2. The Bertz CT molecular complexity index is 629. The molecule has 2 aromatic rings. The number of carbonyl (C=O) groups excluding carboxylic acids is 1. The average molecular weight is 339 g/mol. The van der Waals surface area contributed by atoms with Gasteiger partial charge in [-0.2, -0.15) is 0 Å². The smallest absolute Gasteiger partial charge is 0.165 e. The largest absolute Gasteiger partial charge is 0.494 e. The maximum Gasteiger partial charge on any atom is 0.165 e. The summed E-state index contributed by atoms with van der Waals surface area (Å²) >= 11 is 3.32. The molecule has 0 spiro atoms. The van der Waals surface area contributed by atoms with Crippen LogP contribution in [0.5, 0.6) is 11.5 Å².